The summed E-state index contributed by atoms with van der Waals surface area (Å²) < 4.78 is 44.6. The Morgan fingerprint density at radius 2 is 2.08 bits per heavy atom. The lowest BCUT2D eigenvalue weighted by molar-refractivity contribution is -0.187. The van der Waals surface area contributed by atoms with E-state index in [1.54, 1.807) is 6.07 Å². The summed E-state index contributed by atoms with van der Waals surface area (Å²) in [6.45, 7) is 1.02. The maximum Gasteiger partial charge on any atom is 0.394 e. The van der Waals surface area contributed by atoms with Gasteiger partial charge >= 0.3 is 18.2 Å². The van der Waals surface area contributed by atoms with E-state index in [4.69, 9.17) is 21.4 Å². The molecule has 0 aliphatic carbocycles. The van der Waals surface area contributed by atoms with Gasteiger partial charge in [-0.3, -0.25) is 4.79 Å². The van der Waals surface area contributed by atoms with Crippen molar-refractivity contribution >= 4 is 29.3 Å². The van der Waals surface area contributed by atoms with Crippen molar-refractivity contribution < 1.29 is 32.6 Å². The number of halogens is 4. The van der Waals surface area contributed by atoms with Crippen LogP contribution in [-0.2, 0) is 4.79 Å². The number of rotatable bonds is 5. The summed E-state index contributed by atoms with van der Waals surface area (Å²) in [4.78, 5) is 24.3. The molecule has 1 aromatic rings. The first kappa shape index (κ1) is 20.2. The maximum absolute atomic E-state index is 13.0. The number of nitrogens with one attached hydrogen (secondary N) is 1. The van der Waals surface area contributed by atoms with Crippen LogP contribution >= 0.6 is 11.6 Å². The van der Waals surface area contributed by atoms with E-state index in [2.05, 4.69) is 5.32 Å². The fourth-order valence-corrected chi connectivity index (χ4v) is 2.86. The molecule has 2 N–H and O–H groups in total. The average molecular weight is 395 g/mol. The number of carbonyl (C=O) groups excluding carboxylic acids is 1. The van der Waals surface area contributed by atoms with E-state index in [1.807, 2.05) is 6.92 Å². The van der Waals surface area contributed by atoms with Crippen molar-refractivity contribution in [3.8, 4) is 5.75 Å². The van der Waals surface area contributed by atoms with E-state index in [1.165, 1.54) is 12.1 Å². The average Bonchev–Trinajstić information content (AvgIpc) is 3.00. The van der Waals surface area contributed by atoms with E-state index in [9.17, 15) is 22.8 Å². The molecule has 0 bridgehead atoms. The lowest BCUT2D eigenvalue weighted by atomic mass is 9.96. The van der Waals surface area contributed by atoms with E-state index >= 15 is 0 Å². The lowest BCUT2D eigenvalue weighted by Gasteiger charge is -2.20. The third-order valence-electron chi connectivity index (χ3n) is 3.99. The molecule has 1 aromatic carbocycles. The quantitative estimate of drug-likeness (QED) is 0.795. The van der Waals surface area contributed by atoms with Crippen molar-refractivity contribution in [2.24, 2.45) is 11.8 Å². The van der Waals surface area contributed by atoms with Crippen molar-refractivity contribution in [2.45, 2.75) is 19.5 Å². The van der Waals surface area contributed by atoms with Crippen LogP contribution in [0.15, 0.2) is 18.2 Å². The number of benzene rings is 1. The second kappa shape index (κ2) is 8.03. The van der Waals surface area contributed by atoms with Crippen LogP contribution in [0, 0.1) is 11.8 Å². The van der Waals surface area contributed by atoms with Gasteiger partial charge in [-0.1, -0.05) is 18.5 Å². The predicted molar refractivity (Wildman–Crippen MR) is 88.5 cm³/mol. The summed E-state index contributed by atoms with van der Waals surface area (Å²) in [6.07, 6.45) is -3.99. The molecule has 0 radical (unpaired) electrons. The van der Waals surface area contributed by atoms with E-state index < -0.39 is 43.1 Å². The van der Waals surface area contributed by atoms with E-state index in [-0.39, 0.29) is 5.69 Å². The minimum atomic E-state index is -4.70. The molecule has 1 fully saturated rings. The number of ether oxygens (including phenoxy) is 1. The van der Waals surface area contributed by atoms with Gasteiger partial charge in [0.05, 0.1) is 24.1 Å². The largest absolute Gasteiger partial charge is 0.491 e. The molecule has 2 rings (SSSR count). The molecular weight excluding hydrogens is 377 g/mol. The second-order valence-corrected chi connectivity index (χ2v) is 6.35. The lowest BCUT2D eigenvalue weighted by Crippen LogP contribution is -2.35. The summed E-state index contributed by atoms with van der Waals surface area (Å²) in [7, 11) is 0. The topological polar surface area (TPSA) is 78.9 Å². The van der Waals surface area contributed by atoms with Crippen LogP contribution < -0.4 is 10.1 Å². The molecule has 2 amide bonds. The van der Waals surface area contributed by atoms with Gasteiger partial charge in [-0.05, 0) is 24.6 Å². The molecule has 10 heteroatoms. The van der Waals surface area contributed by atoms with Gasteiger partial charge in [-0.25, -0.2) is 4.79 Å². The molecule has 26 heavy (non-hydrogen) atoms. The molecule has 0 unspecified atom stereocenters. The number of likely N-dealkylation sites (tertiary alicyclic amines) is 1. The molecule has 1 saturated heterocycles. The van der Waals surface area contributed by atoms with Gasteiger partial charge in [0.25, 0.3) is 0 Å². The maximum atomic E-state index is 13.0. The number of carboxylic acid groups (broad SMARTS) is 1. The van der Waals surface area contributed by atoms with E-state index in [0.29, 0.717) is 17.4 Å². The first-order chi connectivity index (χ1) is 12.1. The number of nitrogens with zero attached hydrogens (tertiary/aromatic N) is 1. The van der Waals surface area contributed by atoms with Gasteiger partial charge in [0, 0.05) is 18.1 Å². The minimum absolute atomic E-state index is 0.207. The Balaban J connectivity index is 2.15. The third kappa shape index (κ3) is 4.72. The number of carbonyl (C=O) groups is 2. The predicted octanol–water partition coefficient (Wildman–Crippen LogP) is 3.86. The van der Waals surface area contributed by atoms with Crippen molar-refractivity contribution in [1.29, 1.82) is 0 Å². The van der Waals surface area contributed by atoms with Crippen LogP contribution in [0.2, 0.25) is 5.02 Å². The van der Waals surface area contributed by atoms with Crippen molar-refractivity contribution in [2.75, 3.05) is 25.0 Å². The van der Waals surface area contributed by atoms with Gasteiger partial charge in [0.1, 0.15) is 5.75 Å². The third-order valence-corrected chi connectivity index (χ3v) is 4.22. The molecule has 2 atom stereocenters. The number of carboxylic acids is 1. The molecule has 0 spiro atoms. The highest BCUT2D eigenvalue weighted by atomic mass is 35.5. The zero-order valence-electron chi connectivity index (χ0n) is 13.8. The van der Waals surface area contributed by atoms with Gasteiger partial charge in [0.15, 0.2) is 0 Å². The van der Waals surface area contributed by atoms with Crippen LogP contribution in [0.4, 0.5) is 23.7 Å². The molecule has 0 aromatic heterocycles. The van der Waals surface area contributed by atoms with Gasteiger partial charge < -0.3 is 20.1 Å². The summed E-state index contributed by atoms with van der Waals surface area (Å²) in [6, 6.07) is 3.66. The number of urea groups is 1. The van der Waals surface area contributed by atoms with Crippen LogP contribution in [0.5, 0.6) is 5.75 Å². The van der Waals surface area contributed by atoms with Crippen LogP contribution in [0.3, 0.4) is 0 Å². The number of alkyl halides is 3. The number of aliphatic carboxylic acids is 1. The second-order valence-electron chi connectivity index (χ2n) is 5.92. The summed E-state index contributed by atoms with van der Waals surface area (Å²) >= 11 is 5.89. The normalized spacial score (nSPS) is 20.1. The Labute approximate surface area is 152 Å². The first-order valence-electron chi connectivity index (χ1n) is 7.91. The van der Waals surface area contributed by atoms with Crippen molar-refractivity contribution in [1.82, 2.24) is 4.90 Å². The SMILES string of the molecule is CCCOc1ccc(Cl)cc1NC(=O)N1C[C@@H](C(F)(F)F)[C@H](C(=O)O)C1. The number of hydrogen-bond donors (Lipinski definition) is 2. The number of hydrogen-bond acceptors (Lipinski definition) is 3. The summed E-state index contributed by atoms with van der Waals surface area (Å²) in [5, 5.41) is 11.8. The summed E-state index contributed by atoms with van der Waals surface area (Å²) in [5.74, 6) is -5.07. The fraction of sp³-hybridized carbons (Fsp3) is 0.500. The van der Waals surface area contributed by atoms with Crippen LogP contribution in [0.1, 0.15) is 13.3 Å². The smallest absolute Gasteiger partial charge is 0.394 e. The zero-order chi connectivity index (χ0) is 19.5. The zero-order valence-corrected chi connectivity index (χ0v) is 14.6. The highest BCUT2D eigenvalue weighted by Crippen LogP contribution is 2.38. The fourth-order valence-electron chi connectivity index (χ4n) is 2.68. The van der Waals surface area contributed by atoms with E-state index in [0.717, 1.165) is 11.3 Å². The van der Waals surface area contributed by atoms with Gasteiger partial charge in [0.2, 0.25) is 0 Å². The number of anilines is 1. The Bertz CT molecular complexity index is 684. The first-order valence-corrected chi connectivity index (χ1v) is 8.29. The molecule has 6 nitrogen and oxygen atoms in total. The Morgan fingerprint density at radius 3 is 2.62 bits per heavy atom. The molecule has 144 valence electrons. The minimum Gasteiger partial charge on any atom is -0.491 e. The molecule has 1 aliphatic rings. The highest BCUT2D eigenvalue weighted by Gasteiger charge is 2.53. The molecular formula is C16H18ClF3N2O4. The number of amides is 2. The van der Waals surface area contributed by atoms with Crippen LogP contribution in [-0.4, -0.2) is 47.9 Å². The van der Waals surface area contributed by atoms with Crippen molar-refractivity contribution in [3.63, 3.8) is 0 Å². The molecule has 1 heterocycles. The standard InChI is InChI=1S/C16H18ClF3N2O4/c1-2-5-26-13-4-3-9(17)6-12(13)21-15(25)22-7-10(14(23)24)11(8-22)16(18,19)20/h3-4,6,10-11H,2,5,7-8H2,1H3,(H,21,25)(H,23,24)/t10-,11-/m1/s1. The summed E-state index contributed by atoms with van der Waals surface area (Å²) in [5.41, 5.74) is 0.207. The monoisotopic (exact) mass is 394 g/mol. The Hall–Kier alpha value is -2.16. The Kier molecular flexibility index (Phi) is 6.22. The van der Waals surface area contributed by atoms with Gasteiger partial charge in [-0.15, -0.1) is 0 Å². The van der Waals surface area contributed by atoms with Crippen LogP contribution in [0.25, 0.3) is 0 Å². The van der Waals surface area contributed by atoms with Crippen molar-refractivity contribution in [3.05, 3.63) is 23.2 Å². The molecule has 0 saturated carbocycles. The van der Waals surface area contributed by atoms with Gasteiger partial charge in [-0.2, -0.15) is 13.2 Å². The highest BCUT2D eigenvalue weighted by molar-refractivity contribution is 6.31. The molecule has 1 aliphatic heterocycles. The Morgan fingerprint density at radius 1 is 1.38 bits per heavy atom.